The quantitative estimate of drug-likeness (QED) is 0.794. The van der Waals surface area contributed by atoms with Gasteiger partial charge in [0.1, 0.15) is 0 Å². The molecule has 3 heteroatoms. The van der Waals surface area contributed by atoms with E-state index in [0.717, 1.165) is 36.1 Å². The number of Topliss-reactive ketones (excluding diaryl/α,β-unsaturated/α-hetero) is 1. The summed E-state index contributed by atoms with van der Waals surface area (Å²) in [6.07, 6.45) is 2.69. The Hall–Kier alpha value is -0.670. The molecule has 0 atom stereocenters. The first-order valence-electron chi connectivity index (χ1n) is 5.62. The predicted octanol–water partition coefficient (Wildman–Crippen LogP) is 3.45. The smallest absolute Gasteiger partial charge is 0.163 e. The number of halogens is 1. The molecule has 0 bridgehead atoms. The standard InChI is InChI=1S/C13H15BrO2/c14-12-3-1-11(2-4-12)13(15)9-10-5-7-16-8-6-10/h1-4,10H,5-9H2. The van der Waals surface area contributed by atoms with Crippen LogP contribution < -0.4 is 0 Å². The molecule has 1 aromatic rings. The number of hydrogen-bond acceptors (Lipinski definition) is 2. The normalized spacial score (nSPS) is 17.3. The average molecular weight is 283 g/mol. The summed E-state index contributed by atoms with van der Waals surface area (Å²) >= 11 is 3.37. The molecule has 1 aliphatic heterocycles. The predicted molar refractivity (Wildman–Crippen MR) is 66.6 cm³/mol. The van der Waals surface area contributed by atoms with Crippen LogP contribution in [0.1, 0.15) is 29.6 Å². The highest BCUT2D eigenvalue weighted by Gasteiger charge is 2.18. The molecule has 86 valence electrons. The second-order valence-electron chi connectivity index (χ2n) is 4.19. The summed E-state index contributed by atoms with van der Waals surface area (Å²) < 4.78 is 6.29. The van der Waals surface area contributed by atoms with Crippen molar-refractivity contribution in [3.8, 4) is 0 Å². The second-order valence-corrected chi connectivity index (χ2v) is 5.11. The Morgan fingerprint density at radius 1 is 1.25 bits per heavy atom. The first-order chi connectivity index (χ1) is 7.75. The van der Waals surface area contributed by atoms with Gasteiger partial charge in [-0.15, -0.1) is 0 Å². The van der Waals surface area contributed by atoms with Gasteiger partial charge in [0.25, 0.3) is 0 Å². The fourth-order valence-corrected chi connectivity index (χ4v) is 2.23. The van der Waals surface area contributed by atoms with Crippen LogP contribution in [0.2, 0.25) is 0 Å². The van der Waals surface area contributed by atoms with Crippen molar-refractivity contribution in [1.29, 1.82) is 0 Å². The number of hydrogen-bond donors (Lipinski definition) is 0. The summed E-state index contributed by atoms with van der Waals surface area (Å²) in [5.74, 6) is 0.754. The van der Waals surface area contributed by atoms with Gasteiger partial charge in [-0.25, -0.2) is 0 Å². The van der Waals surface area contributed by atoms with Crippen LogP contribution in [0.4, 0.5) is 0 Å². The minimum absolute atomic E-state index is 0.249. The Kier molecular flexibility index (Phi) is 4.13. The summed E-state index contributed by atoms with van der Waals surface area (Å²) in [4.78, 5) is 12.0. The molecule has 0 unspecified atom stereocenters. The van der Waals surface area contributed by atoms with Gasteiger partial charge in [0.2, 0.25) is 0 Å². The second kappa shape index (κ2) is 5.60. The molecule has 0 spiro atoms. The topological polar surface area (TPSA) is 26.3 Å². The molecule has 0 aliphatic carbocycles. The van der Waals surface area contributed by atoms with Gasteiger partial charge in [-0.05, 0) is 30.9 Å². The average Bonchev–Trinajstić information content (AvgIpc) is 2.31. The molecule has 1 fully saturated rings. The van der Waals surface area contributed by atoms with Gasteiger partial charge in [-0.2, -0.15) is 0 Å². The third-order valence-corrected chi connectivity index (χ3v) is 3.51. The van der Waals surface area contributed by atoms with Crippen LogP contribution in [0.5, 0.6) is 0 Å². The molecular weight excluding hydrogens is 268 g/mol. The van der Waals surface area contributed by atoms with Crippen LogP contribution >= 0.6 is 15.9 Å². The van der Waals surface area contributed by atoms with Crippen molar-refractivity contribution < 1.29 is 9.53 Å². The minimum Gasteiger partial charge on any atom is -0.381 e. The van der Waals surface area contributed by atoms with Gasteiger partial charge in [0.15, 0.2) is 5.78 Å². The summed E-state index contributed by atoms with van der Waals surface area (Å²) in [7, 11) is 0. The lowest BCUT2D eigenvalue weighted by molar-refractivity contribution is 0.0601. The Bertz CT molecular complexity index is 353. The van der Waals surface area contributed by atoms with E-state index in [9.17, 15) is 4.79 Å². The van der Waals surface area contributed by atoms with Crippen LogP contribution in [0.3, 0.4) is 0 Å². The van der Waals surface area contributed by atoms with Crippen LogP contribution in [-0.2, 0) is 4.74 Å². The monoisotopic (exact) mass is 282 g/mol. The fraction of sp³-hybridized carbons (Fsp3) is 0.462. The highest BCUT2D eigenvalue weighted by atomic mass is 79.9. The summed E-state index contributed by atoms with van der Waals surface area (Å²) in [6, 6.07) is 7.59. The van der Waals surface area contributed by atoms with Crippen molar-refractivity contribution in [3.05, 3.63) is 34.3 Å². The molecule has 2 rings (SSSR count). The zero-order valence-electron chi connectivity index (χ0n) is 9.12. The van der Waals surface area contributed by atoms with Crippen molar-refractivity contribution in [3.63, 3.8) is 0 Å². The summed E-state index contributed by atoms with van der Waals surface area (Å²) in [6.45, 7) is 1.61. The van der Waals surface area contributed by atoms with Crippen molar-refractivity contribution >= 4 is 21.7 Å². The molecule has 1 saturated heterocycles. The minimum atomic E-state index is 0.249. The van der Waals surface area contributed by atoms with Gasteiger partial charge in [-0.1, -0.05) is 28.1 Å². The maximum absolute atomic E-state index is 12.0. The van der Waals surface area contributed by atoms with Crippen molar-refractivity contribution in [2.45, 2.75) is 19.3 Å². The van der Waals surface area contributed by atoms with E-state index in [1.54, 1.807) is 0 Å². The lowest BCUT2D eigenvalue weighted by atomic mass is 9.92. The number of ketones is 1. The van der Waals surface area contributed by atoms with Crippen LogP contribution in [0.25, 0.3) is 0 Å². The van der Waals surface area contributed by atoms with Crippen molar-refractivity contribution in [2.75, 3.05) is 13.2 Å². The Morgan fingerprint density at radius 2 is 1.88 bits per heavy atom. The molecule has 0 saturated carbocycles. The molecule has 0 aromatic heterocycles. The molecule has 2 nitrogen and oxygen atoms in total. The van der Waals surface area contributed by atoms with E-state index in [1.807, 2.05) is 24.3 Å². The van der Waals surface area contributed by atoms with Crippen LogP contribution in [0, 0.1) is 5.92 Å². The van der Waals surface area contributed by atoms with E-state index < -0.39 is 0 Å². The fourth-order valence-electron chi connectivity index (χ4n) is 1.97. The van der Waals surface area contributed by atoms with E-state index in [0.29, 0.717) is 12.3 Å². The first kappa shape index (κ1) is 11.8. The van der Waals surface area contributed by atoms with E-state index in [4.69, 9.17) is 4.74 Å². The molecule has 1 heterocycles. The summed E-state index contributed by atoms with van der Waals surface area (Å²) in [5.41, 5.74) is 0.815. The van der Waals surface area contributed by atoms with Crippen LogP contribution in [0.15, 0.2) is 28.7 Å². The van der Waals surface area contributed by atoms with Gasteiger partial charge < -0.3 is 4.74 Å². The largest absolute Gasteiger partial charge is 0.381 e. The number of benzene rings is 1. The molecular formula is C13H15BrO2. The molecule has 0 amide bonds. The van der Waals surface area contributed by atoms with Gasteiger partial charge >= 0.3 is 0 Å². The lowest BCUT2D eigenvalue weighted by Crippen LogP contribution is -2.18. The molecule has 0 N–H and O–H groups in total. The molecule has 1 aliphatic rings. The van der Waals surface area contributed by atoms with E-state index in [-0.39, 0.29) is 5.78 Å². The summed E-state index contributed by atoms with van der Waals surface area (Å²) in [5, 5.41) is 0. The third kappa shape index (κ3) is 3.16. The van der Waals surface area contributed by atoms with Crippen LogP contribution in [-0.4, -0.2) is 19.0 Å². The van der Waals surface area contributed by atoms with E-state index in [2.05, 4.69) is 15.9 Å². The van der Waals surface area contributed by atoms with Gasteiger partial charge in [0.05, 0.1) is 0 Å². The number of carbonyl (C=O) groups excluding carboxylic acids is 1. The SMILES string of the molecule is O=C(CC1CCOCC1)c1ccc(Br)cc1. The number of carbonyl (C=O) groups is 1. The van der Waals surface area contributed by atoms with Crippen molar-refractivity contribution in [1.82, 2.24) is 0 Å². The lowest BCUT2D eigenvalue weighted by Gasteiger charge is -2.21. The van der Waals surface area contributed by atoms with Crippen molar-refractivity contribution in [2.24, 2.45) is 5.92 Å². The Balaban J connectivity index is 1.94. The Labute approximate surface area is 104 Å². The maximum Gasteiger partial charge on any atom is 0.163 e. The Morgan fingerprint density at radius 3 is 2.50 bits per heavy atom. The molecule has 16 heavy (non-hydrogen) atoms. The highest BCUT2D eigenvalue weighted by Crippen LogP contribution is 2.21. The maximum atomic E-state index is 12.0. The number of rotatable bonds is 3. The first-order valence-corrected chi connectivity index (χ1v) is 6.41. The number of ether oxygens (including phenoxy) is 1. The van der Waals surface area contributed by atoms with Gasteiger partial charge in [-0.3, -0.25) is 4.79 Å². The zero-order valence-corrected chi connectivity index (χ0v) is 10.7. The third-order valence-electron chi connectivity index (χ3n) is 2.98. The zero-order chi connectivity index (χ0) is 11.4. The molecule has 1 aromatic carbocycles. The molecule has 0 radical (unpaired) electrons. The van der Waals surface area contributed by atoms with E-state index >= 15 is 0 Å². The van der Waals surface area contributed by atoms with E-state index in [1.165, 1.54) is 0 Å². The highest BCUT2D eigenvalue weighted by molar-refractivity contribution is 9.10. The van der Waals surface area contributed by atoms with Gasteiger partial charge in [0, 0.05) is 29.7 Å².